The molecule has 2 aliphatic rings. The first-order valence-electron chi connectivity index (χ1n) is 12.7. The van der Waals surface area contributed by atoms with Gasteiger partial charge in [0.25, 0.3) is 17.7 Å². The molecule has 4 rings (SSSR count). The molecule has 1 atom stereocenters. The summed E-state index contributed by atoms with van der Waals surface area (Å²) in [5.74, 6) is -1.91. The molecule has 0 spiro atoms. The maximum absolute atomic E-state index is 14.8. The van der Waals surface area contributed by atoms with Crippen LogP contribution < -0.4 is 10.6 Å². The van der Waals surface area contributed by atoms with Crippen LogP contribution in [0.25, 0.3) is 11.6 Å². The van der Waals surface area contributed by atoms with E-state index in [-0.39, 0.29) is 17.2 Å². The molecule has 0 bridgehead atoms. The molecule has 3 amide bonds. The topological polar surface area (TPSA) is 118 Å². The van der Waals surface area contributed by atoms with E-state index in [0.717, 1.165) is 43.7 Å². The quantitative estimate of drug-likeness (QED) is 0.407. The van der Waals surface area contributed by atoms with Gasteiger partial charge in [-0.15, -0.1) is 0 Å². The molecule has 198 valence electrons. The maximum Gasteiger partial charge on any atom is 0.256 e. The fraction of sp³-hybridized carbons (Fsp3) is 0.444. The van der Waals surface area contributed by atoms with Crippen molar-refractivity contribution in [1.82, 2.24) is 14.8 Å². The number of benzene rings is 1. The number of aryl methyl sites for hydroxylation is 1. The Bertz CT molecular complexity index is 1260. The van der Waals surface area contributed by atoms with Gasteiger partial charge in [0.1, 0.15) is 11.9 Å². The molecule has 0 saturated carbocycles. The lowest BCUT2D eigenvalue weighted by Gasteiger charge is -2.25. The van der Waals surface area contributed by atoms with Crippen LogP contribution in [0.15, 0.2) is 12.1 Å². The van der Waals surface area contributed by atoms with Crippen LogP contribution in [-0.4, -0.2) is 76.4 Å². The largest absolute Gasteiger partial charge is 0.384 e. The molecule has 4 N–H and O–H groups in total. The number of carbonyl (C=O) groups excluding carboxylic acids is 3. The molecular weight excluding hydrogens is 477 g/mol. The molecule has 3 heterocycles. The summed E-state index contributed by atoms with van der Waals surface area (Å²) in [4.78, 5) is 45.6. The van der Waals surface area contributed by atoms with Gasteiger partial charge in [0.2, 0.25) is 0 Å². The number of nitrogens with zero attached hydrogens (tertiary/aromatic N) is 2. The van der Waals surface area contributed by atoms with Crippen molar-refractivity contribution in [3.05, 3.63) is 46.0 Å². The molecule has 0 aliphatic carbocycles. The Balaban J connectivity index is 1.63. The van der Waals surface area contributed by atoms with Crippen molar-refractivity contribution in [2.75, 3.05) is 43.4 Å². The molecule has 10 heteroatoms. The third-order valence-electron chi connectivity index (χ3n) is 7.12. The number of halogens is 1. The van der Waals surface area contributed by atoms with Crippen LogP contribution in [0, 0.1) is 12.7 Å². The Morgan fingerprint density at radius 2 is 2.03 bits per heavy atom. The molecule has 0 fully saturated rings. The number of rotatable bonds is 8. The van der Waals surface area contributed by atoms with Gasteiger partial charge < -0.3 is 30.5 Å². The average Bonchev–Trinajstić information content (AvgIpc) is 3.27. The second-order valence-electron chi connectivity index (χ2n) is 9.49. The molecule has 37 heavy (non-hydrogen) atoms. The van der Waals surface area contributed by atoms with Crippen molar-refractivity contribution in [3.63, 3.8) is 0 Å². The minimum atomic E-state index is -1.31. The highest BCUT2D eigenvalue weighted by Gasteiger charge is 2.30. The van der Waals surface area contributed by atoms with Crippen LogP contribution in [0.3, 0.4) is 0 Å². The number of nitrogens with one attached hydrogen (secondary N) is 3. The molecule has 2 aliphatic heterocycles. The number of aliphatic hydroxyl groups is 1. The molecule has 9 nitrogen and oxygen atoms in total. The number of aromatic amines is 1. The van der Waals surface area contributed by atoms with Crippen molar-refractivity contribution in [2.24, 2.45) is 0 Å². The van der Waals surface area contributed by atoms with E-state index in [1.807, 2.05) is 11.8 Å². The van der Waals surface area contributed by atoms with Crippen LogP contribution in [0.2, 0.25) is 0 Å². The number of carbonyl (C=O) groups is 3. The van der Waals surface area contributed by atoms with Crippen molar-refractivity contribution in [1.29, 1.82) is 0 Å². The highest BCUT2D eigenvalue weighted by atomic mass is 19.1. The number of hydrogen-bond donors (Lipinski definition) is 4. The van der Waals surface area contributed by atoms with Gasteiger partial charge in [-0.05, 0) is 63.6 Å². The number of hydrogen-bond acceptors (Lipinski definition) is 5. The number of H-pyrrole nitrogens is 1. The summed E-state index contributed by atoms with van der Waals surface area (Å²) in [6, 6.07) is 2.51. The molecule has 1 aromatic heterocycles. The summed E-state index contributed by atoms with van der Waals surface area (Å²) in [5, 5.41) is 14.4. The van der Waals surface area contributed by atoms with Crippen molar-refractivity contribution >= 4 is 40.7 Å². The third-order valence-corrected chi connectivity index (χ3v) is 7.12. The molecule has 0 saturated heterocycles. The summed E-state index contributed by atoms with van der Waals surface area (Å²) in [7, 11) is 0. The number of fused-ring (bicyclic) bond motifs is 2. The zero-order valence-electron chi connectivity index (χ0n) is 21.7. The van der Waals surface area contributed by atoms with Crippen LogP contribution in [0.1, 0.15) is 60.1 Å². The third kappa shape index (κ3) is 5.30. The number of aromatic nitrogens is 1. The molecule has 0 radical (unpaired) electrons. The minimum absolute atomic E-state index is 0.0149. The van der Waals surface area contributed by atoms with Crippen LogP contribution >= 0.6 is 0 Å². The number of amides is 3. The second kappa shape index (κ2) is 10.9. The molecule has 1 aromatic carbocycles. The monoisotopic (exact) mass is 511 g/mol. The number of aliphatic hydroxyl groups excluding tert-OH is 1. The highest BCUT2D eigenvalue weighted by Crippen LogP contribution is 2.37. The first-order valence-corrected chi connectivity index (χ1v) is 12.7. The number of anilines is 2. The Kier molecular flexibility index (Phi) is 7.79. The standard InChI is InChI=1S/C27H34FN5O4/c1-5-32(6-2)10-11-33-9-7-8-20-24(27(33)37)15(3)21(29-20)13-18-17-12-19(28)23(31-25(35)16(4)34)14-22(17)30-26(18)36/h12-14,16,29,34H,5-11H2,1-4H3,(H,30,36)(H,31,35)/b18-13-. The van der Waals surface area contributed by atoms with Crippen LogP contribution in [0.5, 0.6) is 0 Å². The fourth-order valence-electron chi connectivity index (χ4n) is 4.85. The number of likely N-dealkylation sites (N-methyl/N-ethyl adjacent to an activating group) is 1. The predicted molar refractivity (Wildman–Crippen MR) is 141 cm³/mol. The average molecular weight is 512 g/mol. The lowest BCUT2D eigenvalue weighted by atomic mass is 10.0. The second-order valence-corrected chi connectivity index (χ2v) is 9.49. The van der Waals surface area contributed by atoms with Gasteiger partial charge in [0.15, 0.2) is 0 Å². The van der Waals surface area contributed by atoms with Gasteiger partial charge in [-0.3, -0.25) is 14.4 Å². The first kappa shape index (κ1) is 26.6. The van der Waals surface area contributed by atoms with Crippen LogP contribution in [0.4, 0.5) is 15.8 Å². The van der Waals surface area contributed by atoms with Gasteiger partial charge in [0, 0.05) is 36.6 Å². The summed E-state index contributed by atoms with van der Waals surface area (Å²) in [6.07, 6.45) is 1.89. The van der Waals surface area contributed by atoms with E-state index >= 15 is 0 Å². The van der Waals surface area contributed by atoms with E-state index in [1.165, 1.54) is 19.1 Å². The van der Waals surface area contributed by atoms with Gasteiger partial charge >= 0.3 is 0 Å². The lowest BCUT2D eigenvalue weighted by molar-refractivity contribution is -0.123. The summed E-state index contributed by atoms with van der Waals surface area (Å²) in [5.41, 5.74) is 3.71. The van der Waals surface area contributed by atoms with E-state index in [2.05, 4.69) is 34.4 Å². The summed E-state index contributed by atoms with van der Waals surface area (Å²) >= 11 is 0. The first-order chi connectivity index (χ1) is 17.6. The van der Waals surface area contributed by atoms with Crippen LogP contribution in [-0.2, 0) is 16.0 Å². The highest BCUT2D eigenvalue weighted by molar-refractivity contribution is 6.35. The zero-order valence-corrected chi connectivity index (χ0v) is 21.7. The predicted octanol–water partition coefficient (Wildman–Crippen LogP) is 3.00. The maximum atomic E-state index is 14.8. The Labute approximate surface area is 215 Å². The zero-order chi connectivity index (χ0) is 26.9. The Hall–Kier alpha value is -3.50. The van der Waals surface area contributed by atoms with Crippen molar-refractivity contribution in [2.45, 2.75) is 46.6 Å². The normalized spacial score (nSPS) is 17.1. The van der Waals surface area contributed by atoms with E-state index < -0.39 is 23.7 Å². The van der Waals surface area contributed by atoms with Crippen molar-refractivity contribution in [3.8, 4) is 0 Å². The molecular formula is C27H34FN5O4. The Morgan fingerprint density at radius 1 is 1.30 bits per heavy atom. The van der Waals surface area contributed by atoms with E-state index in [1.54, 1.807) is 6.08 Å². The minimum Gasteiger partial charge on any atom is -0.384 e. The fourth-order valence-corrected chi connectivity index (χ4v) is 4.85. The summed E-state index contributed by atoms with van der Waals surface area (Å²) in [6.45, 7) is 11.4. The molecule has 2 aromatic rings. The smallest absolute Gasteiger partial charge is 0.256 e. The SMILES string of the molecule is CCN(CC)CCN1CCCc2[nH]c(/C=C3\C(=O)Nc4cc(NC(=O)C(C)O)c(F)cc43)c(C)c2C1=O. The molecule has 1 unspecified atom stereocenters. The lowest BCUT2D eigenvalue weighted by Crippen LogP contribution is -2.38. The summed E-state index contributed by atoms with van der Waals surface area (Å²) < 4.78 is 14.8. The van der Waals surface area contributed by atoms with Gasteiger partial charge in [0.05, 0.1) is 22.5 Å². The Morgan fingerprint density at radius 3 is 2.70 bits per heavy atom. The van der Waals surface area contributed by atoms with E-state index in [0.29, 0.717) is 35.6 Å². The van der Waals surface area contributed by atoms with Gasteiger partial charge in [-0.1, -0.05) is 13.8 Å². The van der Waals surface area contributed by atoms with E-state index in [9.17, 15) is 23.9 Å². The van der Waals surface area contributed by atoms with Gasteiger partial charge in [-0.25, -0.2) is 4.39 Å². The van der Waals surface area contributed by atoms with Gasteiger partial charge in [-0.2, -0.15) is 0 Å². The van der Waals surface area contributed by atoms with Crippen molar-refractivity contribution < 1.29 is 23.9 Å². The van der Waals surface area contributed by atoms with E-state index in [4.69, 9.17) is 0 Å².